The number of hydrogen-bond acceptors (Lipinski definition) is 5. The largest absolute Gasteiger partial charge is 0.493 e. The molecule has 0 aliphatic carbocycles. The van der Waals surface area contributed by atoms with Crippen LogP contribution in [0.3, 0.4) is 0 Å². The van der Waals surface area contributed by atoms with Gasteiger partial charge in [0, 0.05) is 10.6 Å². The standard InChI is InChI=1S/C19H21ClN2O4/c1-12-8-15(9-13(2)18(12)20)26-11-17(23)22-21-10-14-6-5-7-16(24-3)19(14)25-4/h5-10H,11H2,1-4H3,(H,22,23)/b21-10+. The number of ether oxygens (including phenoxy) is 3. The first-order valence-corrected chi connectivity index (χ1v) is 8.26. The van der Waals surface area contributed by atoms with Crippen molar-refractivity contribution in [2.45, 2.75) is 13.8 Å². The van der Waals surface area contributed by atoms with Gasteiger partial charge in [-0.15, -0.1) is 0 Å². The second-order valence-corrected chi connectivity index (χ2v) is 5.91. The first-order valence-electron chi connectivity index (χ1n) is 7.88. The molecule has 0 atom stereocenters. The molecule has 2 aromatic rings. The molecule has 2 rings (SSSR count). The van der Waals surface area contributed by atoms with Crippen molar-refractivity contribution in [1.29, 1.82) is 0 Å². The molecule has 0 saturated heterocycles. The van der Waals surface area contributed by atoms with Crippen molar-refractivity contribution >= 4 is 23.7 Å². The van der Waals surface area contributed by atoms with Crippen LogP contribution in [0.15, 0.2) is 35.4 Å². The Labute approximate surface area is 157 Å². The number of nitrogens with zero attached hydrogens (tertiary/aromatic N) is 1. The third-order valence-corrected chi connectivity index (χ3v) is 4.20. The predicted octanol–water partition coefficient (Wildman–Crippen LogP) is 3.50. The number of benzene rings is 2. The van der Waals surface area contributed by atoms with Gasteiger partial charge in [-0.05, 0) is 49.2 Å². The molecular weight excluding hydrogens is 356 g/mol. The number of aryl methyl sites for hydroxylation is 2. The van der Waals surface area contributed by atoms with Gasteiger partial charge < -0.3 is 14.2 Å². The van der Waals surface area contributed by atoms with Crippen LogP contribution < -0.4 is 19.6 Å². The average Bonchev–Trinajstić information content (AvgIpc) is 2.63. The number of halogens is 1. The van der Waals surface area contributed by atoms with Crippen LogP contribution in [0.1, 0.15) is 16.7 Å². The van der Waals surface area contributed by atoms with Crippen molar-refractivity contribution < 1.29 is 19.0 Å². The Morgan fingerprint density at radius 1 is 1.19 bits per heavy atom. The van der Waals surface area contributed by atoms with E-state index >= 15 is 0 Å². The zero-order chi connectivity index (χ0) is 19.1. The highest BCUT2D eigenvalue weighted by atomic mass is 35.5. The van der Waals surface area contributed by atoms with Crippen LogP contribution in [0.4, 0.5) is 0 Å². The molecule has 2 aromatic carbocycles. The number of nitrogens with one attached hydrogen (secondary N) is 1. The molecule has 0 radical (unpaired) electrons. The molecule has 6 nitrogen and oxygen atoms in total. The lowest BCUT2D eigenvalue weighted by atomic mass is 10.1. The van der Waals surface area contributed by atoms with Gasteiger partial charge >= 0.3 is 0 Å². The summed E-state index contributed by atoms with van der Waals surface area (Å²) in [6.07, 6.45) is 1.48. The third-order valence-electron chi connectivity index (χ3n) is 3.61. The van der Waals surface area contributed by atoms with Gasteiger partial charge in [-0.2, -0.15) is 5.10 Å². The van der Waals surface area contributed by atoms with E-state index < -0.39 is 0 Å². The Morgan fingerprint density at radius 2 is 1.88 bits per heavy atom. The zero-order valence-electron chi connectivity index (χ0n) is 15.1. The number of rotatable bonds is 7. The van der Waals surface area contributed by atoms with E-state index in [1.165, 1.54) is 13.3 Å². The molecule has 1 amide bonds. The number of methoxy groups -OCH3 is 2. The van der Waals surface area contributed by atoms with Crippen molar-refractivity contribution in [3.63, 3.8) is 0 Å². The highest BCUT2D eigenvalue weighted by molar-refractivity contribution is 6.32. The summed E-state index contributed by atoms with van der Waals surface area (Å²) in [6, 6.07) is 8.95. The van der Waals surface area contributed by atoms with E-state index in [1.54, 1.807) is 37.4 Å². The smallest absolute Gasteiger partial charge is 0.277 e. The molecule has 0 unspecified atom stereocenters. The van der Waals surface area contributed by atoms with Crippen LogP contribution in [-0.4, -0.2) is 32.9 Å². The second kappa shape index (κ2) is 9.10. The molecule has 1 N–H and O–H groups in total. The van der Waals surface area contributed by atoms with Gasteiger partial charge in [0.15, 0.2) is 18.1 Å². The number of carbonyl (C=O) groups is 1. The Morgan fingerprint density at radius 3 is 2.50 bits per heavy atom. The minimum Gasteiger partial charge on any atom is -0.493 e. The molecule has 0 aliphatic heterocycles. The first kappa shape index (κ1) is 19.6. The average molecular weight is 377 g/mol. The van der Waals surface area contributed by atoms with Gasteiger partial charge in [-0.25, -0.2) is 5.43 Å². The normalized spacial score (nSPS) is 10.7. The van der Waals surface area contributed by atoms with Gasteiger partial charge in [0.2, 0.25) is 0 Å². The first-order chi connectivity index (χ1) is 12.5. The molecule has 138 valence electrons. The summed E-state index contributed by atoms with van der Waals surface area (Å²) in [5.41, 5.74) is 4.88. The van der Waals surface area contributed by atoms with E-state index in [4.69, 9.17) is 25.8 Å². The fourth-order valence-electron chi connectivity index (χ4n) is 2.36. The summed E-state index contributed by atoms with van der Waals surface area (Å²) in [5.74, 6) is 1.32. The molecule has 0 spiro atoms. The van der Waals surface area contributed by atoms with E-state index in [2.05, 4.69) is 10.5 Å². The summed E-state index contributed by atoms with van der Waals surface area (Å²) >= 11 is 6.11. The van der Waals surface area contributed by atoms with Crippen molar-refractivity contribution in [1.82, 2.24) is 5.43 Å². The lowest BCUT2D eigenvalue weighted by Gasteiger charge is -2.10. The van der Waals surface area contributed by atoms with Gasteiger partial charge in [0.25, 0.3) is 5.91 Å². The Balaban J connectivity index is 1.94. The number of hydrogen-bond donors (Lipinski definition) is 1. The molecule has 0 fully saturated rings. The molecule has 0 bridgehead atoms. The topological polar surface area (TPSA) is 69.2 Å². The van der Waals surface area contributed by atoms with Crippen molar-refractivity contribution in [2.24, 2.45) is 5.10 Å². The lowest BCUT2D eigenvalue weighted by molar-refractivity contribution is -0.123. The van der Waals surface area contributed by atoms with Crippen LogP contribution in [0.25, 0.3) is 0 Å². The highest BCUT2D eigenvalue weighted by Crippen LogP contribution is 2.29. The fourth-order valence-corrected chi connectivity index (χ4v) is 2.47. The number of amides is 1. The predicted molar refractivity (Wildman–Crippen MR) is 102 cm³/mol. The number of carbonyl (C=O) groups excluding carboxylic acids is 1. The maximum atomic E-state index is 11.9. The summed E-state index contributed by atoms with van der Waals surface area (Å²) in [6.45, 7) is 3.61. The van der Waals surface area contributed by atoms with Crippen LogP contribution in [-0.2, 0) is 4.79 Å². The monoisotopic (exact) mass is 376 g/mol. The van der Waals surface area contributed by atoms with Crippen molar-refractivity contribution in [3.8, 4) is 17.2 Å². The van der Waals surface area contributed by atoms with Crippen LogP contribution in [0.5, 0.6) is 17.2 Å². The third kappa shape index (κ3) is 4.89. The molecule has 0 aliphatic rings. The molecular formula is C19H21ClN2O4. The van der Waals surface area contributed by atoms with Crippen molar-refractivity contribution in [3.05, 3.63) is 52.0 Å². The Kier molecular flexibility index (Phi) is 6.86. The van der Waals surface area contributed by atoms with Crippen molar-refractivity contribution in [2.75, 3.05) is 20.8 Å². The van der Waals surface area contributed by atoms with Crippen LogP contribution in [0.2, 0.25) is 5.02 Å². The molecule has 0 saturated carbocycles. The quantitative estimate of drug-likeness (QED) is 0.593. The Hall–Kier alpha value is -2.73. The Bertz CT molecular complexity index is 798. The molecule has 26 heavy (non-hydrogen) atoms. The summed E-state index contributed by atoms with van der Waals surface area (Å²) in [5, 5.41) is 4.62. The molecule has 0 aromatic heterocycles. The van der Waals surface area contributed by atoms with E-state index in [9.17, 15) is 4.79 Å². The summed E-state index contributed by atoms with van der Waals surface area (Å²) < 4.78 is 16.0. The number of para-hydroxylation sites is 1. The molecule has 0 heterocycles. The lowest BCUT2D eigenvalue weighted by Crippen LogP contribution is -2.24. The van der Waals surface area contributed by atoms with Crippen LogP contribution >= 0.6 is 11.6 Å². The maximum absolute atomic E-state index is 11.9. The SMILES string of the molecule is COc1cccc(/C=N/NC(=O)COc2cc(C)c(Cl)c(C)c2)c1OC. The minimum atomic E-state index is -0.381. The van der Waals surface area contributed by atoms with Gasteiger partial charge in [-0.3, -0.25) is 4.79 Å². The fraction of sp³-hybridized carbons (Fsp3) is 0.263. The van der Waals surface area contributed by atoms with E-state index in [0.717, 1.165) is 11.1 Å². The second-order valence-electron chi connectivity index (χ2n) is 5.54. The van der Waals surface area contributed by atoms with Gasteiger partial charge in [-0.1, -0.05) is 17.7 Å². The van der Waals surface area contributed by atoms with E-state index in [1.807, 2.05) is 13.8 Å². The minimum absolute atomic E-state index is 0.160. The maximum Gasteiger partial charge on any atom is 0.277 e. The zero-order valence-corrected chi connectivity index (χ0v) is 15.9. The number of hydrazone groups is 1. The van der Waals surface area contributed by atoms with E-state index in [0.29, 0.717) is 27.8 Å². The van der Waals surface area contributed by atoms with Crippen LogP contribution in [0, 0.1) is 13.8 Å². The summed E-state index contributed by atoms with van der Waals surface area (Å²) in [7, 11) is 3.09. The molecule has 7 heteroatoms. The van der Waals surface area contributed by atoms with E-state index in [-0.39, 0.29) is 12.5 Å². The summed E-state index contributed by atoms with van der Waals surface area (Å²) in [4.78, 5) is 11.9. The van der Waals surface area contributed by atoms with Gasteiger partial charge in [0.1, 0.15) is 5.75 Å². The highest BCUT2D eigenvalue weighted by Gasteiger charge is 2.08. The van der Waals surface area contributed by atoms with Gasteiger partial charge in [0.05, 0.1) is 20.4 Å².